The van der Waals surface area contributed by atoms with Gasteiger partial charge in [-0.15, -0.1) is 0 Å². The van der Waals surface area contributed by atoms with E-state index >= 15 is 0 Å². The van der Waals surface area contributed by atoms with Crippen LogP contribution in [0.15, 0.2) is 52.9 Å². The van der Waals surface area contributed by atoms with Gasteiger partial charge in [-0.25, -0.2) is 4.39 Å². The Balaban J connectivity index is 1.89. The van der Waals surface area contributed by atoms with Crippen LogP contribution in [-0.4, -0.2) is 13.0 Å². The number of nitrogens with one attached hydrogen (secondary N) is 1. The minimum atomic E-state index is -0.504. The van der Waals surface area contributed by atoms with Crippen LogP contribution in [0.2, 0.25) is 0 Å². The van der Waals surface area contributed by atoms with Crippen LogP contribution in [0, 0.1) is 5.82 Å². The normalized spacial score (nSPS) is 10.6. The SMILES string of the molecule is COc1ccc2oc(C(=O)Nc3ccccc3F)cc2c1. The highest BCUT2D eigenvalue weighted by molar-refractivity contribution is 6.04. The zero-order chi connectivity index (χ0) is 14.8. The van der Waals surface area contributed by atoms with E-state index in [0.717, 1.165) is 5.39 Å². The summed E-state index contributed by atoms with van der Waals surface area (Å²) in [4.78, 5) is 12.1. The topological polar surface area (TPSA) is 51.5 Å². The summed E-state index contributed by atoms with van der Waals surface area (Å²) >= 11 is 0. The van der Waals surface area contributed by atoms with Gasteiger partial charge in [0.2, 0.25) is 0 Å². The maximum atomic E-state index is 13.5. The van der Waals surface area contributed by atoms with Gasteiger partial charge in [-0.05, 0) is 36.4 Å². The highest BCUT2D eigenvalue weighted by Gasteiger charge is 2.14. The summed E-state index contributed by atoms with van der Waals surface area (Å²) in [6, 6.07) is 12.8. The maximum Gasteiger partial charge on any atom is 0.291 e. The minimum absolute atomic E-state index is 0.112. The molecule has 0 bridgehead atoms. The Labute approximate surface area is 120 Å². The molecule has 0 saturated carbocycles. The first-order valence-electron chi connectivity index (χ1n) is 6.31. The monoisotopic (exact) mass is 285 g/mol. The minimum Gasteiger partial charge on any atom is -0.497 e. The van der Waals surface area contributed by atoms with Crippen molar-refractivity contribution in [3.8, 4) is 5.75 Å². The van der Waals surface area contributed by atoms with Gasteiger partial charge in [0, 0.05) is 5.39 Å². The number of fused-ring (bicyclic) bond motifs is 1. The number of hydrogen-bond donors (Lipinski definition) is 1. The van der Waals surface area contributed by atoms with Crippen LogP contribution in [0.1, 0.15) is 10.6 Å². The number of hydrogen-bond acceptors (Lipinski definition) is 3. The van der Waals surface area contributed by atoms with E-state index in [1.54, 1.807) is 43.5 Å². The van der Waals surface area contributed by atoms with Crippen LogP contribution < -0.4 is 10.1 Å². The molecule has 0 spiro atoms. The average Bonchev–Trinajstić information content (AvgIpc) is 2.92. The lowest BCUT2D eigenvalue weighted by atomic mass is 10.2. The van der Waals surface area contributed by atoms with Gasteiger partial charge in [-0.1, -0.05) is 12.1 Å². The van der Waals surface area contributed by atoms with Crippen LogP contribution >= 0.6 is 0 Å². The van der Waals surface area contributed by atoms with E-state index in [1.165, 1.54) is 12.1 Å². The number of furan rings is 1. The molecule has 3 aromatic rings. The first kappa shape index (κ1) is 13.2. The number of ether oxygens (including phenoxy) is 1. The quantitative estimate of drug-likeness (QED) is 0.795. The van der Waals surface area contributed by atoms with Crippen LogP contribution in [0.25, 0.3) is 11.0 Å². The van der Waals surface area contributed by atoms with Crippen LogP contribution in [0.3, 0.4) is 0 Å². The summed E-state index contributed by atoms with van der Waals surface area (Å²) in [5.74, 6) is -0.218. The van der Waals surface area contributed by atoms with Gasteiger partial charge in [0.05, 0.1) is 12.8 Å². The summed E-state index contributed by atoms with van der Waals surface area (Å²) in [7, 11) is 1.56. The number of carbonyl (C=O) groups is 1. The van der Waals surface area contributed by atoms with Crippen LogP contribution in [0.4, 0.5) is 10.1 Å². The Morgan fingerprint density at radius 3 is 2.76 bits per heavy atom. The molecule has 0 unspecified atom stereocenters. The fourth-order valence-corrected chi connectivity index (χ4v) is 2.01. The van der Waals surface area contributed by atoms with Gasteiger partial charge < -0.3 is 14.5 Å². The van der Waals surface area contributed by atoms with Crippen LogP contribution in [0.5, 0.6) is 5.75 Å². The number of carbonyl (C=O) groups excluding carboxylic acids is 1. The fourth-order valence-electron chi connectivity index (χ4n) is 2.01. The van der Waals surface area contributed by atoms with Crippen molar-refractivity contribution in [2.45, 2.75) is 0 Å². The van der Waals surface area contributed by atoms with E-state index in [-0.39, 0.29) is 11.4 Å². The van der Waals surface area contributed by atoms with Gasteiger partial charge in [0.1, 0.15) is 17.1 Å². The van der Waals surface area contributed by atoms with Crippen molar-refractivity contribution in [2.24, 2.45) is 0 Å². The van der Waals surface area contributed by atoms with E-state index in [0.29, 0.717) is 11.3 Å². The molecule has 1 aromatic heterocycles. The molecular formula is C16H12FNO3. The van der Waals surface area contributed by atoms with Gasteiger partial charge in [-0.3, -0.25) is 4.79 Å². The van der Waals surface area contributed by atoms with Gasteiger partial charge in [0.15, 0.2) is 5.76 Å². The Morgan fingerprint density at radius 1 is 1.19 bits per heavy atom. The summed E-state index contributed by atoms with van der Waals surface area (Å²) in [5, 5.41) is 3.22. The predicted octanol–water partition coefficient (Wildman–Crippen LogP) is 3.83. The number of rotatable bonds is 3. The predicted molar refractivity (Wildman–Crippen MR) is 77.1 cm³/mol. The van der Waals surface area contributed by atoms with Crippen molar-refractivity contribution >= 4 is 22.6 Å². The Kier molecular flexibility index (Phi) is 3.31. The second-order valence-electron chi connectivity index (χ2n) is 4.45. The molecule has 0 aliphatic rings. The number of halogens is 1. The molecule has 0 radical (unpaired) electrons. The zero-order valence-corrected chi connectivity index (χ0v) is 11.2. The molecule has 0 aliphatic heterocycles. The molecule has 0 aliphatic carbocycles. The number of para-hydroxylation sites is 1. The van der Waals surface area contributed by atoms with Crippen molar-refractivity contribution in [3.63, 3.8) is 0 Å². The molecule has 106 valence electrons. The highest BCUT2D eigenvalue weighted by Crippen LogP contribution is 2.25. The zero-order valence-electron chi connectivity index (χ0n) is 11.2. The lowest BCUT2D eigenvalue weighted by Crippen LogP contribution is -2.11. The van der Waals surface area contributed by atoms with E-state index in [4.69, 9.17) is 9.15 Å². The van der Waals surface area contributed by atoms with E-state index in [9.17, 15) is 9.18 Å². The lowest BCUT2D eigenvalue weighted by Gasteiger charge is -2.03. The lowest BCUT2D eigenvalue weighted by molar-refractivity contribution is 0.0998. The molecule has 0 saturated heterocycles. The Hall–Kier alpha value is -2.82. The van der Waals surface area contributed by atoms with Crippen molar-refractivity contribution in [1.29, 1.82) is 0 Å². The highest BCUT2D eigenvalue weighted by atomic mass is 19.1. The summed E-state index contributed by atoms with van der Waals surface area (Å²) in [6.07, 6.45) is 0. The number of benzene rings is 2. The van der Waals surface area contributed by atoms with Crippen molar-refractivity contribution in [1.82, 2.24) is 0 Å². The smallest absolute Gasteiger partial charge is 0.291 e. The third-order valence-corrected chi connectivity index (χ3v) is 3.07. The average molecular weight is 285 g/mol. The molecule has 0 fully saturated rings. The summed E-state index contributed by atoms with van der Waals surface area (Å²) < 4.78 is 24.1. The second kappa shape index (κ2) is 5.28. The second-order valence-corrected chi connectivity index (χ2v) is 4.45. The molecule has 1 heterocycles. The molecule has 1 amide bonds. The number of amides is 1. The number of methoxy groups -OCH3 is 1. The van der Waals surface area contributed by atoms with Gasteiger partial charge in [0.25, 0.3) is 5.91 Å². The first-order valence-corrected chi connectivity index (χ1v) is 6.31. The fraction of sp³-hybridized carbons (Fsp3) is 0.0625. The van der Waals surface area contributed by atoms with E-state index in [1.807, 2.05) is 0 Å². The molecule has 0 atom stereocenters. The number of anilines is 1. The van der Waals surface area contributed by atoms with Gasteiger partial charge in [-0.2, -0.15) is 0 Å². The maximum absolute atomic E-state index is 13.5. The van der Waals surface area contributed by atoms with Crippen molar-refractivity contribution < 1.29 is 18.3 Å². The molecule has 4 nitrogen and oxygen atoms in total. The standard InChI is InChI=1S/C16H12FNO3/c1-20-11-6-7-14-10(8-11)9-15(21-14)16(19)18-13-5-3-2-4-12(13)17/h2-9H,1H3,(H,18,19). The largest absolute Gasteiger partial charge is 0.497 e. The molecule has 5 heteroatoms. The Morgan fingerprint density at radius 2 is 2.00 bits per heavy atom. The third kappa shape index (κ3) is 2.58. The summed E-state index contributed by atoms with van der Waals surface area (Å²) in [5.41, 5.74) is 0.676. The molecule has 21 heavy (non-hydrogen) atoms. The Bertz CT molecular complexity index is 810. The van der Waals surface area contributed by atoms with E-state index < -0.39 is 11.7 Å². The van der Waals surface area contributed by atoms with E-state index in [2.05, 4.69) is 5.32 Å². The van der Waals surface area contributed by atoms with Crippen molar-refractivity contribution in [3.05, 3.63) is 60.1 Å². The van der Waals surface area contributed by atoms with Crippen molar-refractivity contribution in [2.75, 3.05) is 12.4 Å². The first-order chi connectivity index (χ1) is 10.2. The molecular weight excluding hydrogens is 273 g/mol. The summed E-state index contributed by atoms with van der Waals surface area (Å²) in [6.45, 7) is 0. The molecule has 1 N–H and O–H groups in total. The molecule has 3 rings (SSSR count). The van der Waals surface area contributed by atoms with Crippen LogP contribution in [-0.2, 0) is 0 Å². The molecule has 2 aromatic carbocycles. The third-order valence-electron chi connectivity index (χ3n) is 3.07. The van der Waals surface area contributed by atoms with Gasteiger partial charge >= 0.3 is 0 Å².